The molecule has 74 valence electrons. The zero-order valence-electron chi connectivity index (χ0n) is 7.51. The van der Waals surface area contributed by atoms with Crippen LogP contribution in [0.2, 0.25) is 0 Å². The molecule has 1 aromatic rings. The van der Waals surface area contributed by atoms with Crippen molar-refractivity contribution in [3.63, 3.8) is 0 Å². The van der Waals surface area contributed by atoms with Crippen LogP contribution in [-0.4, -0.2) is 32.3 Å². The molecule has 1 aromatic heterocycles. The lowest BCUT2D eigenvalue weighted by molar-refractivity contribution is 0.168. The molecule has 1 rings (SSSR count). The van der Waals surface area contributed by atoms with E-state index in [2.05, 4.69) is 9.28 Å². The zero-order valence-corrected chi connectivity index (χ0v) is 8.32. The number of aliphatic hydroxyl groups excluding tert-OH is 1. The van der Waals surface area contributed by atoms with Gasteiger partial charge in [-0.05, 0) is 13.0 Å². The molecule has 0 aliphatic carbocycles. The number of rotatable bonds is 4. The summed E-state index contributed by atoms with van der Waals surface area (Å²) in [6.07, 6.45) is 1.18. The Morgan fingerprint density at radius 3 is 3.08 bits per heavy atom. The Labute approximate surface area is 79.0 Å². The first-order chi connectivity index (χ1) is 6.13. The largest absolute Gasteiger partial charge is 0.391 e. The summed E-state index contributed by atoms with van der Waals surface area (Å²) in [6.45, 7) is 2.05. The molecule has 0 fully saturated rings. The summed E-state index contributed by atoms with van der Waals surface area (Å²) in [5.41, 5.74) is 0. The SMILES string of the molecule is COS(=O)c1ccn(CC(C)O)n1. The Hall–Kier alpha value is -0.720. The summed E-state index contributed by atoms with van der Waals surface area (Å²) in [5, 5.41) is 13.4. The molecule has 6 heteroatoms. The van der Waals surface area contributed by atoms with Gasteiger partial charge in [-0.2, -0.15) is 5.10 Å². The fourth-order valence-electron chi connectivity index (χ4n) is 0.890. The first-order valence-electron chi connectivity index (χ1n) is 3.81. The molecular formula is C7H12N2O3S. The minimum absolute atomic E-state index is 0.364. The molecule has 5 nitrogen and oxygen atoms in total. The second-order valence-corrected chi connectivity index (χ2v) is 3.85. The maximum absolute atomic E-state index is 11.1. The van der Waals surface area contributed by atoms with Gasteiger partial charge in [0.05, 0.1) is 19.8 Å². The quantitative estimate of drug-likeness (QED) is 0.745. The van der Waals surface area contributed by atoms with E-state index in [1.165, 1.54) is 11.8 Å². The number of nitrogens with zero attached hydrogens (tertiary/aromatic N) is 2. The van der Waals surface area contributed by atoms with Crippen molar-refractivity contribution in [2.24, 2.45) is 0 Å². The van der Waals surface area contributed by atoms with Crippen LogP contribution in [0.1, 0.15) is 6.92 Å². The van der Waals surface area contributed by atoms with Crippen LogP contribution in [0.4, 0.5) is 0 Å². The van der Waals surface area contributed by atoms with E-state index in [1.54, 1.807) is 19.2 Å². The Morgan fingerprint density at radius 2 is 2.54 bits per heavy atom. The Bertz CT molecular complexity index is 298. The Balaban J connectivity index is 2.69. The monoisotopic (exact) mass is 204 g/mol. The Morgan fingerprint density at radius 1 is 1.85 bits per heavy atom. The molecule has 13 heavy (non-hydrogen) atoms. The van der Waals surface area contributed by atoms with E-state index < -0.39 is 17.2 Å². The van der Waals surface area contributed by atoms with Crippen molar-refractivity contribution < 1.29 is 13.5 Å². The Kier molecular flexibility index (Phi) is 3.58. The normalized spacial score (nSPS) is 15.6. The number of aliphatic hydroxyl groups is 1. The van der Waals surface area contributed by atoms with Crippen molar-refractivity contribution in [3.8, 4) is 0 Å². The first kappa shape index (κ1) is 10.4. The van der Waals surface area contributed by atoms with Gasteiger partial charge < -0.3 is 5.11 Å². The highest BCUT2D eigenvalue weighted by atomic mass is 32.2. The van der Waals surface area contributed by atoms with E-state index in [0.29, 0.717) is 11.6 Å². The predicted molar refractivity (Wildman–Crippen MR) is 47.3 cm³/mol. The standard InChI is InChI=1S/C7H12N2O3S/c1-6(10)5-9-4-3-7(8-9)13(11)12-2/h3-4,6,10H,5H2,1-2H3. The van der Waals surface area contributed by atoms with Crippen LogP contribution in [0, 0.1) is 0 Å². The second-order valence-electron chi connectivity index (χ2n) is 2.63. The van der Waals surface area contributed by atoms with Gasteiger partial charge in [0.15, 0.2) is 5.03 Å². The number of hydrogen-bond acceptors (Lipinski definition) is 4. The number of aromatic nitrogens is 2. The van der Waals surface area contributed by atoms with E-state index in [-0.39, 0.29) is 0 Å². The molecule has 0 bridgehead atoms. The van der Waals surface area contributed by atoms with Gasteiger partial charge in [0.2, 0.25) is 11.1 Å². The van der Waals surface area contributed by atoms with Gasteiger partial charge in [0.25, 0.3) is 0 Å². The molecule has 0 spiro atoms. The van der Waals surface area contributed by atoms with E-state index in [1.807, 2.05) is 0 Å². The van der Waals surface area contributed by atoms with E-state index >= 15 is 0 Å². The lowest BCUT2D eigenvalue weighted by Crippen LogP contribution is -2.12. The predicted octanol–water partition coefficient (Wildman–Crippen LogP) is -0.0671. The second kappa shape index (κ2) is 4.50. The summed E-state index contributed by atoms with van der Waals surface area (Å²) in [7, 11) is 1.35. The van der Waals surface area contributed by atoms with E-state index in [9.17, 15) is 4.21 Å². The average Bonchev–Trinajstić information content (AvgIpc) is 2.50. The van der Waals surface area contributed by atoms with Gasteiger partial charge in [-0.15, -0.1) is 0 Å². The highest BCUT2D eigenvalue weighted by molar-refractivity contribution is 7.80. The smallest absolute Gasteiger partial charge is 0.209 e. The first-order valence-corrected chi connectivity index (χ1v) is 4.88. The van der Waals surface area contributed by atoms with Crippen LogP contribution in [0.5, 0.6) is 0 Å². The average molecular weight is 204 g/mol. The fraction of sp³-hybridized carbons (Fsp3) is 0.571. The minimum atomic E-state index is -1.50. The van der Waals surface area contributed by atoms with E-state index in [0.717, 1.165) is 0 Å². The molecule has 1 heterocycles. The molecule has 2 unspecified atom stereocenters. The van der Waals surface area contributed by atoms with Crippen LogP contribution in [0.3, 0.4) is 0 Å². The molecule has 0 aliphatic heterocycles. The topological polar surface area (TPSA) is 64.3 Å². The van der Waals surface area contributed by atoms with Crippen LogP contribution >= 0.6 is 0 Å². The summed E-state index contributed by atoms with van der Waals surface area (Å²) in [5.74, 6) is 0. The van der Waals surface area contributed by atoms with Gasteiger partial charge in [-0.1, -0.05) is 0 Å². The van der Waals surface area contributed by atoms with Crippen LogP contribution in [-0.2, 0) is 21.8 Å². The molecule has 0 saturated heterocycles. The van der Waals surface area contributed by atoms with Gasteiger partial charge in [0, 0.05) is 6.20 Å². The molecule has 0 saturated carbocycles. The lowest BCUT2D eigenvalue weighted by Gasteiger charge is -2.02. The van der Waals surface area contributed by atoms with Crippen LogP contribution in [0.15, 0.2) is 17.3 Å². The van der Waals surface area contributed by atoms with Crippen molar-refractivity contribution in [1.82, 2.24) is 9.78 Å². The summed E-state index contributed by atoms with van der Waals surface area (Å²) < 4.78 is 17.2. The maximum atomic E-state index is 11.1. The third-order valence-electron chi connectivity index (χ3n) is 1.39. The van der Waals surface area contributed by atoms with Crippen molar-refractivity contribution >= 4 is 11.1 Å². The maximum Gasteiger partial charge on any atom is 0.209 e. The van der Waals surface area contributed by atoms with E-state index in [4.69, 9.17) is 5.11 Å². The van der Waals surface area contributed by atoms with Crippen LogP contribution < -0.4 is 0 Å². The molecule has 0 radical (unpaired) electrons. The highest BCUT2D eigenvalue weighted by Gasteiger charge is 2.07. The molecule has 1 N–H and O–H groups in total. The van der Waals surface area contributed by atoms with Gasteiger partial charge in [0.1, 0.15) is 0 Å². The van der Waals surface area contributed by atoms with Crippen molar-refractivity contribution in [2.75, 3.05) is 7.11 Å². The zero-order chi connectivity index (χ0) is 9.84. The summed E-state index contributed by atoms with van der Waals surface area (Å²) in [4.78, 5) is 0. The molecule has 0 aliphatic rings. The minimum Gasteiger partial charge on any atom is -0.391 e. The third-order valence-corrected chi connectivity index (χ3v) is 2.25. The molecule has 0 amide bonds. The lowest BCUT2D eigenvalue weighted by atomic mass is 10.4. The van der Waals surface area contributed by atoms with Gasteiger partial charge in [-0.25, -0.2) is 4.21 Å². The number of hydrogen-bond donors (Lipinski definition) is 1. The molecule has 0 aromatic carbocycles. The summed E-state index contributed by atoms with van der Waals surface area (Å²) in [6, 6.07) is 1.60. The summed E-state index contributed by atoms with van der Waals surface area (Å²) >= 11 is -1.50. The third kappa shape index (κ3) is 2.91. The van der Waals surface area contributed by atoms with Gasteiger partial charge in [-0.3, -0.25) is 8.86 Å². The van der Waals surface area contributed by atoms with Gasteiger partial charge >= 0.3 is 0 Å². The van der Waals surface area contributed by atoms with Crippen LogP contribution in [0.25, 0.3) is 0 Å². The highest BCUT2D eigenvalue weighted by Crippen LogP contribution is 2.03. The molecule has 2 atom stereocenters. The van der Waals surface area contributed by atoms with Crippen molar-refractivity contribution in [1.29, 1.82) is 0 Å². The van der Waals surface area contributed by atoms with Crippen molar-refractivity contribution in [3.05, 3.63) is 12.3 Å². The fourth-order valence-corrected chi connectivity index (χ4v) is 1.40. The van der Waals surface area contributed by atoms with Crippen molar-refractivity contribution in [2.45, 2.75) is 24.6 Å². The molecular weight excluding hydrogens is 192 g/mol.